The number of carboxylic acid groups (broad SMARTS) is 1. The van der Waals surface area contributed by atoms with Gasteiger partial charge < -0.3 is 16.2 Å². The molecule has 4 N–H and O–H groups in total. The lowest BCUT2D eigenvalue weighted by Gasteiger charge is -2.33. The van der Waals surface area contributed by atoms with Crippen molar-refractivity contribution >= 4 is 11.9 Å². The zero-order chi connectivity index (χ0) is 14.1. The van der Waals surface area contributed by atoms with Crippen molar-refractivity contribution in [3.05, 3.63) is 0 Å². The monoisotopic (exact) mass is 256 g/mol. The molecule has 5 nitrogen and oxygen atoms in total. The van der Waals surface area contributed by atoms with Crippen LogP contribution in [-0.2, 0) is 9.59 Å². The number of carboxylic acids is 1. The summed E-state index contributed by atoms with van der Waals surface area (Å²) in [6, 6.07) is -1.08. The van der Waals surface area contributed by atoms with Crippen LogP contribution in [0.3, 0.4) is 0 Å². The zero-order valence-electron chi connectivity index (χ0n) is 11.6. The molecule has 0 aromatic carbocycles. The molecule has 3 atom stereocenters. The van der Waals surface area contributed by atoms with Gasteiger partial charge in [-0.05, 0) is 25.2 Å². The highest BCUT2D eigenvalue weighted by Crippen LogP contribution is 2.37. The van der Waals surface area contributed by atoms with Crippen molar-refractivity contribution in [3.63, 3.8) is 0 Å². The van der Waals surface area contributed by atoms with Crippen LogP contribution in [0.15, 0.2) is 0 Å². The summed E-state index contributed by atoms with van der Waals surface area (Å²) in [6.07, 6.45) is 2.45. The van der Waals surface area contributed by atoms with E-state index in [0.717, 1.165) is 19.3 Å². The molecule has 0 aromatic heterocycles. The van der Waals surface area contributed by atoms with Gasteiger partial charge in [0.05, 0.1) is 5.41 Å². The number of nitrogens with two attached hydrogens (primary N) is 1. The maximum atomic E-state index is 12.3. The summed E-state index contributed by atoms with van der Waals surface area (Å²) in [5.74, 6) is -1.25. The fourth-order valence-electron chi connectivity index (χ4n) is 2.42. The number of carbonyl (C=O) groups excluding carboxylic acids is 1. The molecule has 104 valence electrons. The van der Waals surface area contributed by atoms with Gasteiger partial charge in [0.1, 0.15) is 6.04 Å². The largest absolute Gasteiger partial charge is 0.480 e. The van der Waals surface area contributed by atoms with E-state index in [4.69, 9.17) is 5.73 Å². The smallest absolute Gasteiger partial charge is 0.326 e. The zero-order valence-corrected chi connectivity index (χ0v) is 11.6. The van der Waals surface area contributed by atoms with Gasteiger partial charge in [-0.1, -0.05) is 27.2 Å². The maximum absolute atomic E-state index is 12.3. The van der Waals surface area contributed by atoms with Gasteiger partial charge in [-0.3, -0.25) is 4.79 Å². The highest BCUT2D eigenvalue weighted by molar-refractivity contribution is 5.88. The van der Waals surface area contributed by atoms with E-state index >= 15 is 0 Å². The van der Waals surface area contributed by atoms with E-state index in [1.165, 1.54) is 0 Å². The first-order valence-electron chi connectivity index (χ1n) is 6.38. The fourth-order valence-corrected chi connectivity index (χ4v) is 2.42. The molecular weight excluding hydrogens is 232 g/mol. The normalized spacial score (nSPS) is 29.9. The summed E-state index contributed by atoms with van der Waals surface area (Å²) in [4.78, 5) is 23.5. The molecule has 0 aromatic rings. The minimum Gasteiger partial charge on any atom is -0.480 e. The quantitative estimate of drug-likeness (QED) is 0.705. The third-order valence-corrected chi connectivity index (χ3v) is 3.94. The summed E-state index contributed by atoms with van der Waals surface area (Å²) in [5, 5.41) is 11.9. The van der Waals surface area contributed by atoms with Crippen LogP contribution in [0.2, 0.25) is 0 Å². The summed E-state index contributed by atoms with van der Waals surface area (Å²) in [5.41, 5.74) is 4.80. The predicted octanol–water partition coefficient (Wildman–Crippen LogP) is 1.12. The fraction of sp³-hybridized carbons (Fsp3) is 0.846. The van der Waals surface area contributed by atoms with Gasteiger partial charge in [0, 0.05) is 6.04 Å². The van der Waals surface area contributed by atoms with E-state index in [-0.39, 0.29) is 11.9 Å². The van der Waals surface area contributed by atoms with Gasteiger partial charge in [0.25, 0.3) is 0 Å². The Balaban J connectivity index is 2.83. The summed E-state index contributed by atoms with van der Waals surface area (Å²) in [7, 11) is 0. The summed E-state index contributed by atoms with van der Waals surface area (Å²) in [6.45, 7) is 7.20. The molecule has 1 aliphatic rings. The van der Waals surface area contributed by atoms with Crippen molar-refractivity contribution in [3.8, 4) is 0 Å². The van der Waals surface area contributed by atoms with Crippen LogP contribution < -0.4 is 11.1 Å². The first kappa shape index (κ1) is 15.0. The molecule has 0 heterocycles. The molecule has 0 aliphatic heterocycles. The second-order valence-electron chi connectivity index (χ2n) is 6.53. The van der Waals surface area contributed by atoms with Gasteiger partial charge in [-0.2, -0.15) is 0 Å². The Morgan fingerprint density at radius 1 is 1.44 bits per heavy atom. The van der Waals surface area contributed by atoms with E-state index in [0.29, 0.717) is 0 Å². The van der Waals surface area contributed by atoms with Crippen molar-refractivity contribution in [2.24, 2.45) is 16.6 Å². The van der Waals surface area contributed by atoms with Crippen LogP contribution in [0.4, 0.5) is 0 Å². The van der Waals surface area contributed by atoms with Crippen molar-refractivity contribution < 1.29 is 14.7 Å². The molecular formula is C13H24N2O3. The molecule has 1 fully saturated rings. The predicted molar refractivity (Wildman–Crippen MR) is 69.0 cm³/mol. The lowest BCUT2D eigenvalue weighted by molar-refractivity contribution is -0.147. The van der Waals surface area contributed by atoms with Crippen LogP contribution in [0.25, 0.3) is 0 Å². The average molecular weight is 256 g/mol. The van der Waals surface area contributed by atoms with E-state index < -0.39 is 22.8 Å². The molecule has 5 heteroatoms. The first-order valence-corrected chi connectivity index (χ1v) is 6.38. The molecule has 1 aliphatic carbocycles. The molecule has 0 spiro atoms. The second kappa shape index (κ2) is 4.88. The molecule has 0 saturated heterocycles. The molecule has 1 amide bonds. The number of hydrogen-bond donors (Lipinski definition) is 3. The van der Waals surface area contributed by atoms with Crippen molar-refractivity contribution in [1.82, 2.24) is 5.32 Å². The van der Waals surface area contributed by atoms with Crippen LogP contribution in [0, 0.1) is 10.8 Å². The maximum Gasteiger partial charge on any atom is 0.326 e. The standard InChI is InChI=1S/C13H24N2O3/c1-12(2,3)9(10(16)17)15-11(18)13(4)7-5-6-8(13)14/h8-9H,5-7,14H2,1-4H3,(H,15,18)(H,16,17). The van der Waals surface area contributed by atoms with Crippen molar-refractivity contribution in [1.29, 1.82) is 0 Å². The third kappa shape index (κ3) is 2.83. The Labute approximate surface area is 108 Å². The number of carbonyl (C=O) groups is 2. The van der Waals surface area contributed by atoms with Crippen molar-refractivity contribution in [2.45, 2.75) is 59.0 Å². The minimum atomic E-state index is -1.01. The highest BCUT2D eigenvalue weighted by atomic mass is 16.4. The Morgan fingerprint density at radius 2 is 2.00 bits per heavy atom. The van der Waals surface area contributed by atoms with E-state index in [1.807, 2.05) is 6.92 Å². The average Bonchev–Trinajstić information content (AvgIpc) is 2.54. The number of rotatable bonds is 3. The molecule has 0 bridgehead atoms. The van der Waals surface area contributed by atoms with E-state index in [1.54, 1.807) is 20.8 Å². The van der Waals surface area contributed by atoms with Gasteiger partial charge in [-0.25, -0.2) is 4.79 Å². The lowest BCUT2D eigenvalue weighted by atomic mass is 9.81. The molecule has 1 rings (SSSR count). The number of amides is 1. The molecule has 3 unspecified atom stereocenters. The molecule has 18 heavy (non-hydrogen) atoms. The lowest BCUT2D eigenvalue weighted by Crippen LogP contribution is -2.55. The van der Waals surface area contributed by atoms with Crippen LogP contribution in [0.1, 0.15) is 47.0 Å². The van der Waals surface area contributed by atoms with Crippen molar-refractivity contribution in [2.75, 3.05) is 0 Å². The Morgan fingerprint density at radius 3 is 2.33 bits per heavy atom. The second-order valence-corrected chi connectivity index (χ2v) is 6.53. The Bertz CT molecular complexity index is 349. The number of nitrogens with one attached hydrogen (secondary N) is 1. The van der Waals surface area contributed by atoms with E-state index in [9.17, 15) is 14.7 Å². The number of hydrogen-bond acceptors (Lipinski definition) is 3. The molecule has 1 saturated carbocycles. The first-order chi connectivity index (χ1) is 8.09. The van der Waals surface area contributed by atoms with Crippen LogP contribution in [0.5, 0.6) is 0 Å². The van der Waals surface area contributed by atoms with Gasteiger partial charge >= 0.3 is 5.97 Å². The van der Waals surface area contributed by atoms with Crippen LogP contribution >= 0.6 is 0 Å². The molecule has 0 radical (unpaired) electrons. The Kier molecular flexibility index (Phi) is 4.05. The van der Waals surface area contributed by atoms with Gasteiger partial charge in [-0.15, -0.1) is 0 Å². The Hall–Kier alpha value is -1.10. The van der Waals surface area contributed by atoms with Gasteiger partial charge in [0.15, 0.2) is 0 Å². The SMILES string of the molecule is CC(C)(C)C(NC(=O)C1(C)CCCC1N)C(=O)O. The minimum absolute atomic E-state index is 0.188. The van der Waals surface area contributed by atoms with E-state index in [2.05, 4.69) is 5.32 Å². The highest BCUT2D eigenvalue weighted by Gasteiger charge is 2.45. The third-order valence-electron chi connectivity index (χ3n) is 3.94. The number of aliphatic carboxylic acids is 1. The summed E-state index contributed by atoms with van der Waals surface area (Å²) < 4.78 is 0. The topological polar surface area (TPSA) is 92.4 Å². The summed E-state index contributed by atoms with van der Waals surface area (Å²) >= 11 is 0. The van der Waals surface area contributed by atoms with Gasteiger partial charge in [0.2, 0.25) is 5.91 Å². The van der Waals surface area contributed by atoms with Crippen LogP contribution in [-0.4, -0.2) is 29.1 Å².